The molecule has 0 aliphatic carbocycles. The SMILES string of the molecule is Cc1cc(Nc2ncc3c(n2)CN(c2cnc4c(c2C)N(C(=O)OC(C)(C)C)CCO4)CC3)cnc1NC(CN(C)C)C(=O)OC(C)(C)C. The zero-order valence-electron chi connectivity index (χ0n) is 30.3. The number of fused-ring (bicyclic) bond motifs is 2. The molecule has 5 rings (SSSR count). The summed E-state index contributed by atoms with van der Waals surface area (Å²) in [6.07, 6.45) is 5.68. The third kappa shape index (κ3) is 8.85. The Morgan fingerprint density at radius 2 is 1.73 bits per heavy atom. The van der Waals surface area contributed by atoms with E-state index in [1.54, 1.807) is 17.3 Å². The molecule has 5 heterocycles. The summed E-state index contributed by atoms with van der Waals surface area (Å²) in [5, 5.41) is 6.55. The number of nitrogens with one attached hydrogen (secondary N) is 2. The molecule has 2 aliphatic rings. The molecular formula is C35H49N9O5. The highest BCUT2D eigenvalue weighted by Crippen LogP contribution is 2.40. The molecule has 14 nitrogen and oxygen atoms in total. The molecule has 0 radical (unpaired) electrons. The molecule has 0 spiro atoms. The van der Waals surface area contributed by atoms with Crippen LogP contribution in [-0.2, 0) is 27.2 Å². The molecule has 0 saturated heterocycles. The Bertz CT molecular complexity index is 1700. The molecule has 1 atom stereocenters. The van der Waals surface area contributed by atoms with Crippen molar-refractivity contribution >= 4 is 40.9 Å². The van der Waals surface area contributed by atoms with Crippen LogP contribution in [0, 0.1) is 13.8 Å². The Morgan fingerprint density at radius 3 is 2.41 bits per heavy atom. The van der Waals surface area contributed by atoms with E-state index in [0.717, 1.165) is 41.0 Å². The number of hydrogen-bond acceptors (Lipinski definition) is 13. The highest BCUT2D eigenvalue weighted by Gasteiger charge is 2.33. The minimum Gasteiger partial charge on any atom is -0.474 e. The Balaban J connectivity index is 1.31. The second-order valence-electron chi connectivity index (χ2n) is 14.7. The van der Waals surface area contributed by atoms with Crippen molar-refractivity contribution in [1.29, 1.82) is 0 Å². The van der Waals surface area contributed by atoms with Crippen molar-refractivity contribution in [2.24, 2.45) is 0 Å². The highest BCUT2D eigenvalue weighted by molar-refractivity contribution is 5.92. The quantitative estimate of drug-likeness (QED) is 0.309. The lowest BCUT2D eigenvalue weighted by Crippen LogP contribution is -2.43. The predicted molar refractivity (Wildman–Crippen MR) is 189 cm³/mol. The lowest BCUT2D eigenvalue weighted by Gasteiger charge is -2.35. The van der Waals surface area contributed by atoms with Gasteiger partial charge < -0.3 is 34.6 Å². The largest absolute Gasteiger partial charge is 0.474 e. The highest BCUT2D eigenvalue weighted by atomic mass is 16.6. The molecule has 14 heteroatoms. The number of aromatic nitrogens is 4. The summed E-state index contributed by atoms with van der Waals surface area (Å²) in [4.78, 5) is 50.4. The minimum absolute atomic E-state index is 0.337. The van der Waals surface area contributed by atoms with Gasteiger partial charge in [0.05, 0.1) is 42.6 Å². The van der Waals surface area contributed by atoms with Gasteiger partial charge in [0.25, 0.3) is 0 Å². The number of esters is 1. The molecule has 0 aromatic carbocycles. The Kier molecular flexibility index (Phi) is 10.2. The Hall–Kier alpha value is -4.72. The number of nitrogens with zero attached hydrogens (tertiary/aromatic N) is 7. The topological polar surface area (TPSA) is 147 Å². The van der Waals surface area contributed by atoms with Crippen LogP contribution in [0.15, 0.2) is 24.7 Å². The van der Waals surface area contributed by atoms with Crippen molar-refractivity contribution in [2.45, 2.75) is 85.6 Å². The molecule has 0 saturated carbocycles. The van der Waals surface area contributed by atoms with Gasteiger partial charge in [-0.15, -0.1) is 0 Å². The molecule has 1 amide bonds. The van der Waals surface area contributed by atoms with E-state index in [2.05, 4.69) is 30.5 Å². The number of carbonyl (C=O) groups is 2. The number of likely N-dealkylation sites (N-methyl/N-ethyl adjacent to an activating group) is 1. The van der Waals surface area contributed by atoms with Gasteiger partial charge in [0.15, 0.2) is 0 Å². The lowest BCUT2D eigenvalue weighted by atomic mass is 10.0. The number of aryl methyl sites for hydroxylation is 1. The van der Waals surface area contributed by atoms with Crippen LogP contribution < -0.4 is 25.2 Å². The van der Waals surface area contributed by atoms with Crippen molar-refractivity contribution in [2.75, 3.05) is 60.8 Å². The van der Waals surface area contributed by atoms with E-state index in [-0.39, 0.29) is 5.97 Å². The van der Waals surface area contributed by atoms with Gasteiger partial charge in [-0.05, 0) is 93.1 Å². The summed E-state index contributed by atoms with van der Waals surface area (Å²) < 4.78 is 17.2. The third-order valence-electron chi connectivity index (χ3n) is 7.85. The lowest BCUT2D eigenvalue weighted by molar-refractivity contribution is -0.156. The summed E-state index contributed by atoms with van der Waals surface area (Å²) in [5.74, 6) is 1.13. The van der Waals surface area contributed by atoms with Crippen molar-refractivity contribution in [3.63, 3.8) is 0 Å². The fourth-order valence-corrected chi connectivity index (χ4v) is 5.72. The van der Waals surface area contributed by atoms with Gasteiger partial charge in [0.1, 0.15) is 35.4 Å². The van der Waals surface area contributed by atoms with E-state index in [9.17, 15) is 9.59 Å². The maximum absolute atomic E-state index is 13.1. The zero-order chi connectivity index (χ0) is 35.7. The average Bonchev–Trinajstić information content (AvgIpc) is 2.99. The van der Waals surface area contributed by atoms with E-state index in [1.165, 1.54) is 0 Å². The molecule has 3 aromatic heterocycles. The van der Waals surface area contributed by atoms with Gasteiger partial charge in [0, 0.05) is 24.8 Å². The molecule has 264 valence electrons. The van der Waals surface area contributed by atoms with E-state index in [0.29, 0.717) is 55.3 Å². The summed E-state index contributed by atoms with van der Waals surface area (Å²) in [7, 11) is 3.81. The summed E-state index contributed by atoms with van der Waals surface area (Å²) in [6.45, 7) is 17.5. The Morgan fingerprint density at radius 1 is 1.00 bits per heavy atom. The maximum atomic E-state index is 13.1. The van der Waals surface area contributed by atoms with Gasteiger partial charge >= 0.3 is 12.1 Å². The monoisotopic (exact) mass is 675 g/mol. The van der Waals surface area contributed by atoms with Gasteiger partial charge in [-0.1, -0.05) is 0 Å². The summed E-state index contributed by atoms with van der Waals surface area (Å²) >= 11 is 0. The number of carbonyl (C=O) groups excluding carboxylic acids is 2. The number of pyridine rings is 2. The Labute approximate surface area is 288 Å². The molecule has 0 bridgehead atoms. The zero-order valence-corrected chi connectivity index (χ0v) is 30.3. The first-order chi connectivity index (χ1) is 23.0. The fourth-order valence-electron chi connectivity index (χ4n) is 5.72. The van der Waals surface area contributed by atoms with Crippen LogP contribution in [0.5, 0.6) is 5.88 Å². The number of anilines is 5. The van der Waals surface area contributed by atoms with Crippen molar-refractivity contribution in [3.8, 4) is 5.88 Å². The number of amides is 1. The number of hydrogen-bond donors (Lipinski definition) is 2. The first-order valence-corrected chi connectivity index (χ1v) is 16.6. The number of ether oxygens (including phenoxy) is 3. The maximum Gasteiger partial charge on any atom is 0.415 e. The summed E-state index contributed by atoms with van der Waals surface area (Å²) in [6, 6.07) is 1.35. The van der Waals surface area contributed by atoms with E-state index in [1.807, 2.05) is 86.6 Å². The number of rotatable bonds is 8. The van der Waals surface area contributed by atoms with Gasteiger partial charge in [0.2, 0.25) is 11.8 Å². The smallest absolute Gasteiger partial charge is 0.415 e. The van der Waals surface area contributed by atoms with Crippen LogP contribution >= 0.6 is 0 Å². The second kappa shape index (κ2) is 14.0. The molecule has 3 aromatic rings. The van der Waals surface area contributed by atoms with Crippen LogP contribution in [-0.4, -0.2) is 94.5 Å². The van der Waals surface area contributed by atoms with Crippen LogP contribution in [0.4, 0.5) is 33.6 Å². The van der Waals surface area contributed by atoms with Gasteiger partial charge in [-0.25, -0.2) is 29.5 Å². The van der Waals surface area contributed by atoms with E-state index >= 15 is 0 Å². The van der Waals surface area contributed by atoms with E-state index < -0.39 is 23.3 Å². The minimum atomic E-state index is -0.624. The molecular weight excluding hydrogens is 626 g/mol. The van der Waals surface area contributed by atoms with Crippen LogP contribution in [0.2, 0.25) is 0 Å². The second-order valence-corrected chi connectivity index (χ2v) is 14.7. The predicted octanol–water partition coefficient (Wildman–Crippen LogP) is 5.01. The van der Waals surface area contributed by atoms with Gasteiger partial charge in [-0.2, -0.15) is 0 Å². The van der Waals surface area contributed by atoms with E-state index in [4.69, 9.17) is 19.2 Å². The van der Waals surface area contributed by atoms with Gasteiger partial charge in [-0.3, -0.25) is 4.90 Å². The standard InChI is InChI=1S/C35H49N9O5/c1-21-15-24(17-36-29(21)40-26(19-42(9)10)31(45)48-34(3,4)5)39-32-38-16-23-11-12-43(20-25(23)41-32)27-18-37-30-28(22(27)2)44(13-14-47-30)33(46)49-35(6,7)8/h15-18,26H,11-14,19-20H2,1-10H3,(H,36,40)(H,38,39,41). The fraction of sp³-hybridized carbons (Fsp3) is 0.543. The molecule has 2 aliphatic heterocycles. The van der Waals surface area contributed by atoms with Crippen LogP contribution in [0.1, 0.15) is 63.9 Å². The van der Waals surface area contributed by atoms with Crippen molar-refractivity contribution in [3.05, 3.63) is 47.0 Å². The normalized spacial score (nSPS) is 15.2. The molecule has 1 unspecified atom stereocenters. The first-order valence-electron chi connectivity index (χ1n) is 16.6. The average molecular weight is 676 g/mol. The van der Waals surface area contributed by atoms with Crippen LogP contribution in [0.25, 0.3) is 0 Å². The third-order valence-corrected chi connectivity index (χ3v) is 7.85. The molecule has 49 heavy (non-hydrogen) atoms. The molecule has 0 fully saturated rings. The summed E-state index contributed by atoms with van der Waals surface area (Å²) in [5.41, 5.74) is 4.74. The van der Waals surface area contributed by atoms with Crippen molar-refractivity contribution in [1.82, 2.24) is 24.8 Å². The molecule has 2 N–H and O–H groups in total. The van der Waals surface area contributed by atoms with Crippen LogP contribution in [0.3, 0.4) is 0 Å². The van der Waals surface area contributed by atoms with Crippen molar-refractivity contribution < 1.29 is 23.8 Å². The first kappa shape index (κ1) is 35.6.